The van der Waals surface area contributed by atoms with Crippen LogP contribution in [0.3, 0.4) is 0 Å². The van der Waals surface area contributed by atoms with Gasteiger partial charge in [0.2, 0.25) is 0 Å². The number of anilines is 2. The highest BCUT2D eigenvalue weighted by Crippen LogP contribution is 2.18. The van der Waals surface area contributed by atoms with Gasteiger partial charge >= 0.3 is 11.7 Å². The van der Waals surface area contributed by atoms with Gasteiger partial charge in [-0.25, -0.2) is 9.59 Å². The maximum Gasteiger partial charge on any atom is 0.335 e. The SMILES string of the molecule is CCCCCCCCc1ccc(Nc2cc(=O)[nH]c(=O)n2Cc2ccc(C(=O)O)cc2)cc1. The molecule has 0 saturated heterocycles. The maximum atomic E-state index is 12.5. The van der Waals surface area contributed by atoms with Gasteiger partial charge in [-0.2, -0.15) is 0 Å². The van der Waals surface area contributed by atoms with E-state index < -0.39 is 17.2 Å². The molecule has 7 heteroatoms. The fourth-order valence-electron chi connectivity index (χ4n) is 3.73. The van der Waals surface area contributed by atoms with E-state index >= 15 is 0 Å². The summed E-state index contributed by atoms with van der Waals surface area (Å²) in [6, 6.07) is 15.7. The van der Waals surface area contributed by atoms with E-state index in [-0.39, 0.29) is 12.1 Å². The molecular weight excluding hydrogens is 418 g/mol. The van der Waals surface area contributed by atoms with E-state index in [0.29, 0.717) is 5.82 Å². The summed E-state index contributed by atoms with van der Waals surface area (Å²) in [5.41, 5.74) is 1.93. The highest BCUT2D eigenvalue weighted by Gasteiger charge is 2.09. The van der Waals surface area contributed by atoms with Gasteiger partial charge in [0.25, 0.3) is 5.56 Å². The van der Waals surface area contributed by atoms with Gasteiger partial charge in [-0.05, 0) is 48.2 Å². The van der Waals surface area contributed by atoms with E-state index in [1.54, 1.807) is 12.1 Å². The van der Waals surface area contributed by atoms with Crippen LogP contribution in [0.4, 0.5) is 11.5 Å². The molecule has 1 aromatic heterocycles. The molecule has 0 saturated carbocycles. The normalized spacial score (nSPS) is 10.8. The second-order valence-corrected chi connectivity index (χ2v) is 8.25. The average molecular weight is 450 g/mol. The molecule has 0 atom stereocenters. The minimum atomic E-state index is -1.01. The van der Waals surface area contributed by atoms with Gasteiger partial charge in [0.05, 0.1) is 12.1 Å². The first-order valence-electron chi connectivity index (χ1n) is 11.5. The Morgan fingerprint density at radius 2 is 1.55 bits per heavy atom. The first-order valence-corrected chi connectivity index (χ1v) is 11.5. The Morgan fingerprint density at radius 3 is 2.21 bits per heavy atom. The standard InChI is InChI=1S/C26H31N3O4/c1-2-3-4-5-6-7-8-19-11-15-22(16-12-19)27-23-17-24(30)28-26(33)29(23)18-20-9-13-21(14-10-20)25(31)32/h9-17,27H,2-8,18H2,1H3,(H,31,32)(H,28,30,33). The van der Waals surface area contributed by atoms with Gasteiger partial charge in [0, 0.05) is 11.8 Å². The molecule has 0 bridgehead atoms. The molecule has 2 aromatic carbocycles. The minimum absolute atomic E-state index is 0.173. The van der Waals surface area contributed by atoms with Crippen molar-refractivity contribution in [2.24, 2.45) is 0 Å². The smallest absolute Gasteiger partial charge is 0.335 e. The van der Waals surface area contributed by atoms with Crippen LogP contribution in [0.25, 0.3) is 0 Å². The summed E-state index contributed by atoms with van der Waals surface area (Å²) in [5.74, 6) is -0.639. The van der Waals surface area contributed by atoms with Gasteiger partial charge < -0.3 is 10.4 Å². The van der Waals surface area contributed by atoms with E-state index in [2.05, 4.69) is 29.4 Å². The monoisotopic (exact) mass is 449 g/mol. The predicted octanol–water partition coefficient (Wildman–Crippen LogP) is 4.93. The number of aromatic carboxylic acids is 1. The predicted molar refractivity (Wildman–Crippen MR) is 131 cm³/mol. The summed E-state index contributed by atoms with van der Waals surface area (Å²) in [6.07, 6.45) is 8.60. The van der Waals surface area contributed by atoms with Crippen molar-refractivity contribution >= 4 is 17.5 Å². The molecule has 7 nitrogen and oxygen atoms in total. The van der Waals surface area contributed by atoms with E-state index in [0.717, 1.165) is 17.7 Å². The first kappa shape index (κ1) is 24.0. The van der Waals surface area contributed by atoms with Crippen molar-refractivity contribution in [1.29, 1.82) is 0 Å². The summed E-state index contributed by atoms with van der Waals surface area (Å²) in [6.45, 7) is 2.41. The number of hydrogen-bond acceptors (Lipinski definition) is 4. The number of aromatic amines is 1. The topological polar surface area (TPSA) is 104 Å². The number of carboxylic acids is 1. The number of nitrogens with one attached hydrogen (secondary N) is 2. The number of carboxylic acid groups (broad SMARTS) is 1. The maximum absolute atomic E-state index is 12.5. The quantitative estimate of drug-likeness (QED) is 0.340. The number of hydrogen-bond donors (Lipinski definition) is 3. The number of nitrogens with zero attached hydrogens (tertiary/aromatic N) is 1. The van der Waals surface area contributed by atoms with Gasteiger partial charge in [0.1, 0.15) is 5.82 Å². The van der Waals surface area contributed by atoms with Gasteiger partial charge in [-0.3, -0.25) is 14.3 Å². The molecule has 0 aliphatic rings. The van der Waals surface area contributed by atoms with Crippen LogP contribution in [-0.2, 0) is 13.0 Å². The lowest BCUT2D eigenvalue weighted by Gasteiger charge is -2.14. The summed E-state index contributed by atoms with van der Waals surface area (Å²) in [5, 5.41) is 12.2. The van der Waals surface area contributed by atoms with E-state index in [4.69, 9.17) is 5.11 Å². The summed E-state index contributed by atoms with van der Waals surface area (Å²) >= 11 is 0. The van der Waals surface area contributed by atoms with Crippen molar-refractivity contribution in [2.75, 3.05) is 5.32 Å². The van der Waals surface area contributed by atoms with Crippen molar-refractivity contribution in [3.8, 4) is 0 Å². The van der Waals surface area contributed by atoms with Crippen LogP contribution in [0, 0.1) is 0 Å². The number of unbranched alkanes of at least 4 members (excludes halogenated alkanes) is 5. The second-order valence-electron chi connectivity index (χ2n) is 8.25. The van der Waals surface area contributed by atoms with Crippen molar-refractivity contribution < 1.29 is 9.90 Å². The third kappa shape index (κ3) is 7.20. The van der Waals surface area contributed by atoms with Crippen molar-refractivity contribution in [1.82, 2.24) is 9.55 Å². The van der Waals surface area contributed by atoms with E-state index in [1.807, 2.05) is 12.1 Å². The zero-order chi connectivity index (χ0) is 23.6. The van der Waals surface area contributed by atoms with Crippen molar-refractivity contribution in [3.05, 3.63) is 92.1 Å². The molecule has 1 heterocycles. The molecule has 174 valence electrons. The highest BCUT2D eigenvalue weighted by atomic mass is 16.4. The molecule has 0 radical (unpaired) electrons. The van der Waals surface area contributed by atoms with Crippen LogP contribution < -0.4 is 16.6 Å². The molecule has 0 aliphatic carbocycles. The second kappa shape index (κ2) is 11.9. The Balaban J connectivity index is 1.68. The first-order chi connectivity index (χ1) is 16.0. The molecule has 3 rings (SSSR count). The van der Waals surface area contributed by atoms with Gasteiger partial charge in [0.15, 0.2) is 0 Å². The fourth-order valence-corrected chi connectivity index (χ4v) is 3.73. The Labute approximate surface area is 193 Å². The Kier molecular flexibility index (Phi) is 8.63. The molecule has 33 heavy (non-hydrogen) atoms. The van der Waals surface area contributed by atoms with Crippen LogP contribution >= 0.6 is 0 Å². The number of benzene rings is 2. The van der Waals surface area contributed by atoms with Crippen LogP contribution in [0.2, 0.25) is 0 Å². The van der Waals surface area contributed by atoms with E-state index in [1.165, 1.54) is 66.9 Å². The Bertz CT molecular complexity index is 1160. The fraction of sp³-hybridized carbons (Fsp3) is 0.346. The highest BCUT2D eigenvalue weighted by molar-refractivity contribution is 5.87. The lowest BCUT2D eigenvalue weighted by molar-refractivity contribution is 0.0697. The number of rotatable bonds is 12. The zero-order valence-corrected chi connectivity index (χ0v) is 19.0. The lowest BCUT2D eigenvalue weighted by atomic mass is 10.0. The lowest BCUT2D eigenvalue weighted by Crippen LogP contribution is -2.31. The largest absolute Gasteiger partial charge is 0.478 e. The summed E-state index contributed by atoms with van der Waals surface area (Å²) in [4.78, 5) is 37.7. The van der Waals surface area contributed by atoms with Crippen molar-refractivity contribution in [2.45, 2.75) is 58.4 Å². The van der Waals surface area contributed by atoms with Crippen LogP contribution in [0.1, 0.15) is 66.9 Å². The molecule has 0 fully saturated rings. The molecule has 3 N–H and O–H groups in total. The summed E-state index contributed by atoms with van der Waals surface area (Å²) < 4.78 is 1.42. The van der Waals surface area contributed by atoms with Gasteiger partial charge in [-0.1, -0.05) is 63.3 Å². The number of carbonyl (C=O) groups is 1. The Hall–Kier alpha value is -3.61. The third-order valence-corrected chi connectivity index (χ3v) is 5.62. The summed E-state index contributed by atoms with van der Waals surface area (Å²) in [7, 11) is 0. The third-order valence-electron chi connectivity index (χ3n) is 5.62. The molecule has 0 amide bonds. The molecule has 0 spiro atoms. The average Bonchev–Trinajstić information content (AvgIpc) is 2.80. The van der Waals surface area contributed by atoms with Crippen molar-refractivity contribution in [3.63, 3.8) is 0 Å². The molecular formula is C26H31N3O4. The van der Waals surface area contributed by atoms with Crippen LogP contribution in [0.5, 0.6) is 0 Å². The van der Waals surface area contributed by atoms with Crippen LogP contribution in [0.15, 0.2) is 64.2 Å². The zero-order valence-electron chi connectivity index (χ0n) is 19.0. The number of aromatic nitrogens is 2. The molecule has 0 unspecified atom stereocenters. The minimum Gasteiger partial charge on any atom is -0.478 e. The van der Waals surface area contributed by atoms with Gasteiger partial charge in [-0.15, -0.1) is 0 Å². The molecule has 0 aliphatic heterocycles. The number of aryl methyl sites for hydroxylation is 1. The Morgan fingerprint density at radius 1 is 0.909 bits per heavy atom. The number of H-pyrrole nitrogens is 1. The van der Waals surface area contributed by atoms with E-state index in [9.17, 15) is 14.4 Å². The van der Waals surface area contributed by atoms with Crippen LogP contribution in [-0.4, -0.2) is 20.6 Å². The molecule has 3 aromatic rings.